The predicted molar refractivity (Wildman–Crippen MR) is 192 cm³/mol. The summed E-state index contributed by atoms with van der Waals surface area (Å²) in [5.74, 6) is -1.22. The van der Waals surface area contributed by atoms with Crippen molar-refractivity contribution in [1.82, 2.24) is 0 Å². The van der Waals surface area contributed by atoms with Crippen LogP contribution in [-0.4, -0.2) is 73.7 Å². The summed E-state index contributed by atoms with van der Waals surface area (Å²) < 4.78 is 21.1. The molecular formula is C39H68O10. The first kappa shape index (κ1) is 46.3. The molecule has 10 nitrogen and oxygen atoms in total. The van der Waals surface area contributed by atoms with Crippen LogP contribution in [0, 0.1) is 5.41 Å². The number of unbranched alkanes of at least 4 members (excludes halogenated alkanes) is 12. The fourth-order valence-corrected chi connectivity index (χ4v) is 4.77. The van der Waals surface area contributed by atoms with E-state index in [0.29, 0.717) is 38.9 Å². The van der Waals surface area contributed by atoms with Gasteiger partial charge in [0.05, 0.1) is 31.8 Å². The monoisotopic (exact) mass is 696 g/mol. The number of carbonyl (C=O) groups is 4. The van der Waals surface area contributed by atoms with E-state index in [2.05, 4.69) is 38.2 Å². The zero-order valence-corrected chi connectivity index (χ0v) is 30.8. The Labute approximate surface area is 296 Å². The van der Waals surface area contributed by atoms with Gasteiger partial charge in [0.25, 0.3) is 0 Å². The Balaban J connectivity index is 3.91. The minimum absolute atomic E-state index is 0.174. The van der Waals surface area contributed by atoms with Crippen LogP contribution in [0.15, 0.2) is 24.3 Å². The first-order chi connectivity index (χ1) is 23.8. The molecule has 0 aliphatic carbocycles. The zero-order chi connectivity index (χ0) is 36.3. The topological polar surface area (TPSA) is 146 Å². The van der Waals surface area contributed by atoms with Gasteiger partial charge in [-0.3, -0.25) is 19.2 Å². The van der Waals surface area contributed by atoms with E-state index in [-0.39, 0.29) is 38.0 Å². The molecule has 0 aromatic carbocycles. The molecule has 0 aliphatic rings. The van der Waals surface area contributed by atoms with Crippen LogP contribution < -0.4 is 0 Å². The van der Waals surface area contributed by atoms with Crippen LogP contribution in [0.1, 0.15) is 155 Å². The summed E-state index contributed by atoms with van der Waals surface area (Å²) in [7, 11) is 0. The highest BCUT2D eigenvalue weighted by Gasteiger charge is 2.33. The third-order valence-electron chi connectivity index (χ3n) is 8.15. The van der Waals surface area contributed by atoms with E-state index in [4.69, 9.17) is 18.9 Å². The molecule has 284 valence electrons. The third kappa shape index (κ3) is 29.9. The van der Waals surface area contributed by atoms with Crippen molar-refractivity contribution in [2.24, 2.45) is 5.41 Å². The quantitative estimate of drug-likeness (QED) is 0.0295. The number of hydrogen-bond acceptors (Lipinski definition) is 10. The number of esters is 4. The van der Waals surface area contributed by atoms with Crippen molar-refractivity contribution in [1.29, 1.82) is 0 Å². The normalized spacial score (nSPS) is 11.7. The lowest BCUT2D eigenvalue weighted by Gasteiger charge is -2.28. The molecule has 0 aliphatic heterocycles. The summed E-state index contributed by atoms with van der Waals surface area (Å²) >= 11 is 0. The summed E-state index contributed by atoms with van der Waals surface area (Å²) in [6.07, 6.45) is 25.8. The Bertz CT molecular complexity index is 826. The fraction of sp³-hybridized carbons (Fsp3) is 0.795. The molecular weight excluding hydrogens is 628 g/mol. The molecule has 0 spiro atoms. The molecule has 0 bridgehead atoms. The Morgan fingerprint density at radius 1 is 0.449 bits per heavy atom. The standard InChI is InChI=1S/C39H68O10/c1-3-5-7-9-17-23-29-46-35(42)25-19-13-11-15-21-27-37(44)48-33-39(31-40,32-41)34-49-38(45)28-22-16-12-14-20-26-36(43)47-30-24-18-10-8-6-4-2/h9-10,17-18,40-41H,3-8,11-16,19-34H2,1-2H3/b17-9-,18-10-. The molecule has 0 aromatic heterocycles. The summed E-state index contributed by atoms with van der Waals surface area (Å²) in [6.45, 7) is 3.65. The van der Waals surface area contributed by atoms with E-state index >= 15 is 0 Å². The third-order valence-corrected chi connectivity index (χ3v) is 8.15. The van der Waals surface area contributed by atoms with Crippen molar-refractivity contribution in [2.45, 2.75) is 155 Å². The minimum atomic E-state index is -1.26. The summed E-state index contributed by atoms with van der Waals surface area (Å²) in [6, 6.07) is 0. The van der Waals surface area contributed by atoms with Crippen LogP contribution in [0.2, 0.25) is 0 Å². The lowest BCUT2D eigenvalue weighted by Crippen LogP contribution is -2.41. The number of allylic oxidation sites excluding steroid dienone is 2. The van der Waals surface area contributed by atoms with Crippen LogP contribution in [-0.2, 0) is 38.1 Å². The SMILES string of the molecule is CCCC/C=C\CCOC(=O)CCCCCCCC(=O)OCC(CO)(CO)COC(=O)CCCCCCCC(=O)OCC/C=C\CCCC. The van der Waals surface area contributed by atoms with Gasteiger partial charge < -0.3 is 29.2 Å². The molecule has 2 N–H and O–H groups in total. The Hall–Kier alpha value is -2.72. The first-order valence-corrected chi connectivity index (χ1v) is 19.0. The van der Waals surface area contributed by atoms with Crippen LogP contribution in [0.5, 0.6) is 0 Å². The van der Waals surface area contributed by atoms with E-state index in [1.165, 1.54) is 25.7 Å². The van der Waals surface area contributed by atoms with Crippen LogP contribution >= 0.6 is 0 Å². The molecule has 0 rings (SSSR count). The molecule has 49 heavy (non-hydrogen) atoms. The molecule has 0 saturated carbocycles. The van der Waals surface area contributed by atoms with Crippen LogP contribution in [0.25, 0.3) is 0 Å². The number of ether oxygens (including phenoxy) is 4. The summed E-state index contributed by atoms with van der Waals surface area (Å²) in [5, 5.41) is 19.7. The number of aliphatic hydroxyl groups excluding tert-OH is 2. The van der Waals surface area contributed by atoms with Gasteiger partial charge in [0.15, 0.2) is 0 Å². The molecule has 0 aromatic rings. The predicted octanol–water partition coefficient (Wildman–Crippen LogP) is 7.86. The van der Waals surface area contributed by atoms with E-state index in [1.807, 2.05) is 0 Å². The van der Waals surface area contributed by atoms with Gasteiger partial charge in [0.2, 0.25) is 0 Å². The number of aliphatic hydroxyl groups is 2. The summed E-state index contributed by atoms with van der Waals surface area (Å²) in [5.41, 5.74) is -1.26. The smallest absolute Gasteiger partial charge is 0.305 e. The Morgan fingerprint density at radius 3 is 1.08 bits per heavy atom. The second-order valence-corrected chi connectivity index (χ2v) is 12.9. The van der Waals surface area contributed by atoms with Gasteiger partial charge in [0.1, 0.15) is 13.2 Å². The highest BCUT2D eigenvalue weighted by Crippen LogP contribution is 2.19. The van der Waals surface area contributed by atoms with E-state index in [1.54, 1.807) is 0 Å². The van der Waals surface area contributed by atoms with Gasteiger partial charge in [-0.25, -0.2) is 0 Å². The largest absolute Gasteiger partial charge is 0.465 e. The molecule has 0 saturated heterocycles. The minimum Gasteiger partial charge on any atom is -0.465 e. The van der Waals surface area contributed by atoms with Gasteiger partial charge in [-0.2, -0.15) is 0 Å². The highest BCUT2D eigenvalue weighted by atomic mass is 16.6. The first-order valence-electron chi connectivity index (χ1n) is 19.0. The lowest BCUT2D eigenvalue weighted by atomic mass is 9.92. The summed E-state index contributed by atoms with van der Waals surface area (Å²) in [4.78, 5) is 48.1. The van der Waals surface area contributed by atoms with Crippen molar-refractivity contribution >= 4 is 23.9 Å². The van der Waals surface area contributed by atoms with Crippen molar-refractivity contribution in [3.63, 3.8) is 0 Å². The van der Waals surface area contributed by atoms with Gasteiger partial charge in [-0.05, 0) is 51.4 Å². The van der Waals surface area contributed by atoms with Gasteiger partial charge in [0, 0.05) is 25.7 Å². The Morgan fingerprint density at radius 2 is 0.755 bits per heavy atom. The maximum Gasteiger partial charge on any atom is 0.305 e. The van der Waals surface area contributed by atoms with E-state index in [0.717, 1.165) is 77.0 Å². The average molecular weight is 697 g/mol. The van der Waals surface area contributed by atoms with E-state index in [9.17, 15) is 29.4 Å². The average Bonchev–Trinajstić information content (AvgIpc) is 3.10. The molecule has 0 heterocycles. The van der Waals surface area contributed by atoms with Crippen molar-refractivity contribution < 1.29 is 48.3 Å². The molecule has 0 radical (unpaired) electrons. The molecule has 0 atom stereocenters. The number of rotatable bonds is 34. The Kier molecular flexibility index (Phi) is 31.9. The zero-order valence-electron chi connectivity index (χ0n) is 30.8. The van der Waals surface area contributed by atoms with Crippen LogP contribution in [0.3, 0.4) is 0 Å². The van der Waals surface area contributed by atoms with Crippen LogP contribution in [0.4, 0.5) is 0 Å². The fourth-order valence-electron chi connectivity index (χ4n) is 4.77. The maximum atomic E-state index is 12.2. The van der Waals surface area contributed by atoms with Gasteiger partial charge in [-0.1, -0.05) is 102 Å². The maximum absolute atomic E-state index is 12.2. The molecule has 0 fully saturated rings. The molecule has 10 heteroatoms. The number of carbonyl (C=O) groups excluding carboxylic acids is 4. The van der Waals surface area contributed by atoms with Crippen molar-refractivity contribution in [2.75, 3.05) is 39.6 Å². The number of hydrogen-bond donors (Lipinski definition) is 2. The second-order valence-electron chi connectivity index (χ2n) is 12.9. The molecule has 0 amide bonds. The van der Waals surface area contributed by atoms with Gasteiger partial charge >= 0.3 is 23.9 Å². The lowest BCUT2D eigenvalue weighted by molar-refractivity contribution is -0.159. The van der Waals surface area contributed by atoms with E-state index < -0.39 is 30.6 Å². The van der Waals surface area contributed by atoms with Gasteiger partial charge in [-0.15, -0.1) is 0 Å². The highest BCUT2D eigenvalue weighted by molar-refractivity contribution is 5.70. The molecule has 0 unspecified atom stereocenters. The second kappa shape index (κ2) is 33.8. The van der Waals surface area contributed by atoms with Crippen molar-refractivity contribution in [3.05, 3.63) is 24.3 Å². The van der Waals surface area contributed by atoms with Crippen molar-refractivity contribution in [3.8, 4) is 0 Å².